The number of aromatic nitrogens is 2. The van der Waals surface area contributed by atoms with Crippen LogP contribution in [0.25, 0.3) is 11.0 Å². The summed E-state index contributed by atoms with van der Waals surface area (Å²) >= 11 is 0. The summed E-state index contributed by atoms with van der Waals surface area (Å²) in [5.74, 6) is 0.737. The number of para-hydroxylation sites is 2. The Morgan fingerprint density at radius 2 is 2.00 bits per heavy atom. The molecule has 16 heavy (non-hydrogen) atoms. The topological polar surface area (TPSA) is 44.1 Å². The van der Waals surface area contributed by atoms with Crippen LogP contribution in [0.2, 0.25) is 0 Å². The molecule has 2 aromatic rings. The van der Waals surface area contributed by atoms with Crippen molar-refractivity contribution in [2.24, 2.45) is 0 Å². The SMILES string of the molecule is CC(C)(C)c1nc2ccccc2n1OC=O. The Morgan fingerprint density at radius 1 is 1.31 bits per heavy atom. The summed E-state index contributed by atoms with van der Waals surface area (Å²) < 4.78 is 1.49. The molecule has 0 aliphatic carbocycles. The van der Waals surface area contributed by atoms with E-state index in [4.69, 9.17) is 4.84 Å². The molecule has 0 saturated heterocycles. The molecule has 1 aromatic carbocycles. The number of carbonyl (C=O) groups is 1. The first-order valence-corrected chi connectivity index (χ1v) is 5.13. The first-order valence-electron chi connectivity index (χ1n) is 5.13. The third-order valence-corrected chi connectivity index (χ3v) is 2.34. The number of fused-ring (bicyclic) bond motifs is 1. The molecule has 0 unspecified atom stereocenters. The van der Waals surface area contributed by atoms with E-state index in [0.29, 0.717) is 6.47 Å². The molecule has 0 atom stereocenters. The lowest BCUT2D eigenvalue weighted by Crippen LogP contribution is -2.23. The van der Waals surface area contributed by atoms with Crippen LogP contribution in [0.1, 0.15) is 26.6 Å². The van der Waals surface area contributed by atoms with Gasteiger partial charge in [0.15, 0.2) is 5.82 Å². The molecular weight excluding hydrogens is 204 g/mol. The first-order chi connectivity index (χ1) is 7.54. The summed E-state index contributed by atoms with van der Waals surface area (Å²) in [5, 5.41) is 0. The number of hydrogen-bond donors (Lipinski definition) is 0. The predicted molar refractivity (Wildman–Crippen MR) is 61.1 cm³/mol. The maximum atomic E-state index is 10.5. The van der Waals surface area contributed by atoms with Crippen LogP contribution in [-0.4, -0.2) is 16.2 Å². The zero-order valence-electron chi connectivity index (χ0n) is 9.60. The summed E-state index contributed by atoms with van der Waals surface area (Å²) in [7, 11) is 0. The highest BCUT2D eigenvalue weighted by molar-refractivity contribution is 5.76. The van der Waals surface area contributed by atoms with Gasteiger partial charge in [0.25, 0.3) is 0 Å². The predicted octanol–water partition coefficient (Wildman–Crippen LogP) is 1.92. The maximum Gasteiger partial charge on any atom is 0.321 e. The average molecular weight is 218 g/mol. The highest BCUT2D eigenvalue weighted by Crippen LogP contribution is 2.24. The van der Waals surface area contributed by atoms with Crippen LogP contribution in [-0.2, 0) is 10.2 Å². The van der Waals surface area contributed by atoms with E-state index in [1.165, 1.54) is 4.73 Å². The highest BCUT2D eigenvalue weighted by Gasteiger charge is 2.23. The van der Waals surface area contributed by atoms with Crippen molar-refractivity contribution in [2.45, 2.75) is 26.2 Å². The summed E-state index contributed by atoms with van der Waals surface area (Å²) in [5.41, 5.74) is 1.45. The molecule has 2 rings (SSSR count). The molecule has 0 amide bonds. The fourth-order valence-corrected chi connectivity index (χ4v) is 1.63. The van der Waals surface area contributed by atoms with Gasteiger partial charge >= 0.3 is 6.47 Å². The van der Waals surface area contributed by atoms with Crippen LogP contribution in [0.15, 0.2) is 24.3 Å². The van der Waals surface area contributed by atoms with Crippen LogP contribution in [0.4, 0.5) is 0 Å². The van der Waals surface area contributed by atoms with Crippen LogP contribution in [0, 0.1) is 0 Å². The molecule has 0 bridgehead atoms. The van der Waals surface area contributed by atoms with Crippen LogP contribution < -0.4 is 4.84 Å². The van der Waals surface area contributed by atoms with Crippen LogP contribution in [0.5, 0.6) is 0 Å². The van der Waals surface area contributed by atoms with Gasteiger partial charge in [-0.1, -0.05) is 32.9 Å². The first kappa shape index (κ1) is 10.7. The molecular formula is C12H14N2O2. The molecule has 0 N–H and O–H groups in total. The zero-order valence-corrected chi connectivity index (χ0v) is 9.60. The minimum Gasteiger partial charge on any atom is -0.338 e. The Morgan fingerprint density at radius 3 is 2.62 bits per heavy atom. The van der Waals surface area contributed by atoms with E-state index in [-0.39, 0.29) is 5.41 Å². The summed E-state index contributed by atoms with van der Waals surface area (Å²) in [6.45, 7) is 6.50. The molecule has 0 radical (unpaired) electrons. The molecule has 0 aliphatic heterocycles. The maximum absolute atomic E-state index is 10.5. The monoisotopic (exact) mass is 218 g/mol. The van der Waals surface area contributed by atoms with Gasteiger partial charge < -0.3 is 4.84 Å². The molecule has 84 valence electrons. The quantitative estimate of drug-likeness (QED) is 0.723. The van der Waals surface area contributed by atoms with Crippen molar-refractivity contribution in [1.82, 2.24) is 9.71 Å². The number of imidazole rings is 1. The van der Waals surface area contributed by atoms with Gasteiger partial charge in [0.05, 0.1) is 5.52 Å². The van der Waals surface area contributed by atoms with Crippen molar-refractivity contribution in [1.29, 1.82) is 0 Å². The Labute approximate surface area is 93.8 Å². The summed E-state index contributed by atoms with van der Waals surface area (Å²) in [4.78, 5) is 20.0. The van der Waals surface area contributed by atoms with Gasteiger partial charge in [-0.25, -0.2) is 4.98 Å². The normalized spacial score (nSPS) is 11.7. The number of benzene rings is 1. The van der Waals surface area contributed by atoms with E-state index in [2.05, 4.69) is 4.98 Å². The number of rotatable bonds is 2. The van der Waals surface area contributed by atoms with Crippen molar-refractivity contribution >= 4 is 17.5 Å². The van der Waals surface area contributed by atoms with Crippen LogP contribution in [0.3, 0.4) is 0 Å². The van der Waals surface area contributed by atoms with Crippen molar-refractivity contribution in [2.75, 3.05) is 0 Å². The smallest absolute Gasteiger partial charge is 0.321 e. The molecule has 0 fully saturated rings. The second-order valence-electron chi connectivity index (χ2n) is 4.67. The van der Waals surface area contributed by atoms with E-state index in [0.717, 1.165) is 16.9 Å². The van der Waals surface area contributed by atoms with Gasteiger partial charge in [0, 0.05) is 5.41 Å². The van der Waals surface area contributed by atoms with Gasteiger partial charge in [-0.2, -0.15) is 4.73 Å². The Bertz CT molecular complexity index is 523. The van der Waals surface area contributed by atoms with E-state index in [9.17, 15) is 4.79 Å². The lowest BCUT2D eigenvalue weighted by atomic mass is 9.96. The second kappa shape index (κ2) is 3.63. The number of nitrogens with zero attached hydrogens (tertiary/aromatic N) is 2. The van der Waals surface area contributed by atoms with E-state index in [1.807, 2.05) is 45.0 Å². The van der Waals surface area contributed by atoms with Gasteiger partial charge in [-0.15, -0.1) is 0 Å². The van der Waals surface area contributed by atoms with Crippen LogP contribution >= 0.6 is 0 Å². The zero-order chi connectivity index (χ0) is 11.8. The molecule has 1 aromatic heterocycles. The number of hydrogen-bond acceptors (Lipinski definition) is 3. The Balaban J connectivity index is 2.72. The second-order valence-corrected chi connectivity index (χ2v) is 4.67. The minimum atomic E-state index is -0.179. The fourth-order valence-electron chi connectivity index (χ4n) is 1.63. The molecule has 0 saturated carbocycles. The van der Waals surface area contributed by atoms with Gasteiger partial charge in [0.1, 0.15) is 5.52 Å². The van der Waals surface area contributed by atoms with Crippen molar-refractivity contribution in [3.8, 4) is 0 Å². The van der Waals surface area contributed by atoms with Gasteiger partial charge in [0.2, 0.25) is 0 Å². The van der Waals surface area contributed by atoms with Gasteiger partial charge in [-0.05, 0) is 12.1 Å². The molecule has 0 spiro atoms. The summed E-state index contributed by atoms with van der Waals surface area (Å²) in [6, 6.07) is 7.57. The van der Waals surface area contributed by atoms with E-state index >= 15 is 0 Å². The Hall–Kier alpha value is -1.84. The third kappa shape index (κ3) is 1.66. The van der Waals surface area contributed by atoms with Crippen molar-refractivity contribution in [3.63, 3.8) is 0 Å². The number of carbonyl (C=O) groups excluding carboxylic acids is 1. The average Bonchev–Trinajstić information content (AvgIpc) is 2.58. The fraction of sp³-hybridized carbons (Fsp3) is 0.333. The van der Waals surface area contributed by atoms with Crippen molar-refractivity contribution in [3.05, 3.63) is 30.1 Å². The molecule has 4 nitrogen and oxygen atoms in total. The van der Waals surface area contributed by atoms with E-state index in [1.54, 1.807) is 0 Å². The summed E-state index contributed by atoms with van der Waals surface area (Å²) in [6.07, 6.45) is 0. The van der Waals surface area contributed by atoms with Gasteiger partial charge in [-0.3, -0.25) is 4.79 Å². The minimum absolute atomic E-state index is 0.179. The molecule has 4 heteroatoms. The third-order valence-electron chi connectivity index (χ3n) is 2.34. The Kier molecular flexibility index (Phi) is 2.42. The highest BCUT2D eigenvalue weighted by atomic mass is 16.7. The lowest BCUT2D eigenvalue weighted by Gasteiger charge is -2.17. The molecule has 1 heterocycles. The largest absolute Gasteiger partial charge is 0.338 e. The van der Waals surface area contributed by atoms with E-state index < -0.39 is 0 Å². The molecule has 0 aliphatic rings. The lowest BCUT2D eigenvalue weighted by molar-refractivity contribution is -0.129. The standard InChI is InChI=1S/C12H14N2O2/c1-12(2,3)11-13-9-6-4-5-7-10(9)14(11)16-8-15/h4-8H,1-3H3. The van der Waals surface area contributed by atoms with Crippen molar-refractivity contribution < 1.29 is 9.63 Å².